The van der Waals surface area contributed by atoms with Crippen LogP contribution in [-0.4, -0.2) is 43.0 Å². The van der Waals surface area contributed by atoms with Gasteiger partial charge in [-0.15, -0.1) is 0 Å². The number of halogens is 1. The van der Waals surface area contributed by atoms with E-state index in [9.17, 15) is 14.7 Å². The van der Waals surface area contributed by atoms with Crippen molar-refractivity contribution in [1.29, 1.82) is 0 Å². The number of nitrogens with one attached hydrogen (secondary N) is 1. The highest BCUT2D eigenvalue weighted by atomic mass is 79.9. The van der Waals surface area contributed by atoms with E-state index in [4.69, 9.17) is 0 Å². The van der Waals surface area contributed by atoms with Gasteiger partial charge in [-0.05, 0) is 25.2 Å². The normalized spacial score (nSPS) is 16.1. The standard InChI is InChI=1S/C12H13BrN2O3/c1-14-5-8(16)6-15-10-4-7(13)2-3-9(10)11(17)12(15)18/h2-4,8,14,16H,5-6H2,1H3. The highest BCUT2D eigenvalue weighted by molar-refractivity contribution is 9.10. The van der Waals surface area contributed by atoms with Crippen molar-refractivity contribution in [1.82, 2.24) is 5.32 Å². The number of carbonyl (C=O) groups excluding carboxylic acids is 2. The van der Waals surface area contributed by atoms with Crippen LogP contribution in [0.5, 0.6) is 0 Å². The number of benzene rings is 1. The molecular formula is C12H13BrN2O3. The smallest absolute Gasteiger partial charge is 0.299 e. The average molecular weight is 313 g/mol. The van der Waals surface area contributed by atoms with Gasteiger partial charge in [-0.2, -0.15) is 0 Å². The largest absolute Gasteiger partial charge is 0.390 e. The Kier molecular flexibility index (Phi) is 3.79. The number of aliphatic hydroxyl groups is 1. The first-order valence-corrected chi connectivity index (χ1v) is 6.32. The Morgan fingerprint density at radius 1 is 1.44 bits per heavy atom. The zero-order valence-corrected chi connectivity index (χ0v) is 11.4. The van der Waals surface area contributed by atoms with E-state index in [0.717, 1.165) is 4.47 Å². The Morgan fingerprint density at radius 3 is 2.83 bits per heavy atom. The van der Waals surface area contributed by atoms with E-state index < -0.39 is 17.8 Å². The molecule has 0 spiro atoms. The molecule has 1 aromatic rings. The molecule has 0 aromatic heterocycles. The molecule has 1 heterocycles. The number of rotatable bonds is 4. The molecule has 2 rings (SSSR count). The number of hydrogen-bond donors (Lipinski definition) is 2. The first kappa shape index (κ1) is 13.2. The topological polar surface area (TPSA) is 69.6 Å². The quantitative estimate of drug-likeness (QED) is 0.797. The summed E-state index contributed by atoms with van der Waals surface area (Å²) in [4.78, 5) is 24.9. The summed E-state index contributed by atoms with van der Waals surface area (Å²) in [5, 5.41) is 12.5. The number of likely N-dealkylation sites (N-methyl/N-ethyl adjacent to an activating group) is 1. The molecule has 1 aliphatic rings. The number of ketones is 1. The average Bonchev–Trinajstić information content (AvgIpc) is 2.55. The third-order valence-electron chi connectivity index (χ3n) is 2.77. The number of carbonyl (C=O) groups is 2. The Morgan fingerprint density at radius 2 is 2.17 bits per heavy atom. The van der Waals surface area contributed by atoms with Crippen LogP contribution >= 0.6 is 15.9 Å². The van der Waals surface area contributed by atoms with Crippen molar-refractivity contribution in [2.24, 2.45) is 0 Å². The fraction of sp³-hybridized carbons (Fsp3) is 0.333. The summed E-state index contributed by atoms with van der Waals surface area (Å²) in [5.41, 5.74) is 0.939. The van der Waals surface area contributed by atoms with Gasteiger partial charge in [0.25, 0.3) is 11.7 Å². The predicted octanol–water partition coefficient (Wildman–Crippen LogP) is 0.559. The van der Waals surface area contributed by atoms with Crippen molar-refractivity contribution in [2.75, 3.05) is 25.0 Å². The fourth-order valence-electron chi connectivity index (χ4n) is 1.96. The monoisotopic (exact) mass is 312 g/mol. The second-order valence-electron chi connectivity index (χ2n) is 4.12. The number of β-amino-alcohol motifs (C(OH)–C–C–N with tert-alkyl or cyclic N) is 1. The van der Waals surface area contributed by atoms with E-state index in [1.54, 1.807) is 25.2 Å². The van der Waals surface area contributed by atoms with Crippen LogP contribution in [0.1, 0.15) is 10.4 Å². The van der Waals surface area contributed by atoms with Gasteiger partial charge in [-0.3, -0.25) is 9.59 Å². The number of aliphatic hydroxyl groups excluding tert-OH is 1. The van der Waals surface area contributed by atoms with Crippen molar-refractivity contribution in [3.63, 3.8) is 0 Å². The van der Waals surface area contributed by atoms with Gasteiger partial charge in [0.05, 0.1) is 23.9 Å². The first-order valence-electron chi connectivity index (χ1n) is 5.53. The molecule has 1 aliphatic heterocycles. The van der Waals surface area contributed by atoms with E-state index in [0.29, 0.717) is 17.8 Å². The molecule has 0 bridgehead atoms. The summed E-state index contributed by atoms with van der Waals surface area (Å²) in [6.07, 6.45) is -0.711. The van der Waals surface area contributed by atoms with E-state index in [-0.39, 0.29) is 6.54 Å². The van der Waals surface area contributed by atoms with Crippen LogP contribution in [0.3, 0.4) is 0 Å². The molecule has 2 N–H and O–H groups in total. The van der Waals surface area contributed by atoms with Gasteiger partial charge >= 0.3 is 0 Å². The Labute approximate surface area is 113 Å². The van der Waals surface area contributed by atoms with Gasteiger partial charge in [0, 0.05) is 11.0 Å². The molecule has 0 saturated carbocycles. The zero-order chi connectivity index (χ0) is 13.3. The minimum absolute atomic E-state index is 0.106. The number of anilines is 1. The van der Waals surface area contributed by atoms with Crippen LogP contribution in [0.4, 0.5) is 5.69 Å². The molecule has 5 nitrogen and oxygen atoms in total. The van der Waals surface area contributed by atoms with Crippen molar-refractivity contribution in [2.45, 2.75) is 6.10 Å². The second kappa shape index (κ2) is 5.17. The van der Waals surface area contributed by atoms with Gasteiger partial charge < -0.3 is 15.3 Å². The molecule has 0 fully saturated rings. The lowest BCUT2D eigenvalue weighted by molar-refractivity contribution is -0.114. The molecule has 1 atom stereocenters. The number of Topliss-reactive ketones (excluding diaryl/α,β-unsaturated/α-hetero) is 1. The molecule has 1 amide bonds. The molecule has 96 valence electrons. The number of hydrogen-bond acceptors (Lipinski definition) is 4. The van der Waals surface area contributed by atoms with Crippen LogP contribution in [-0.2, 0) is 4.79 Å². The molecule has 1 aromatic carbocycles. The Balaban J connectivity index is 2.30. The van der Waals surface area contributed by atoms with Crippen LogP contribution in [0.25, 0.3) is 0 Å². The van der Waals surface area contributed by atoms with Crippen molar-refractivity contribution >= 4 is 33.3 Å². The van der Waals surface area contributed by atoms with E-state index in [2.05, 4.69) is 21.2 Å². The lowest BCUT2D eigenvalue weighted by Gasteiger charge is -2.20. The van der Waals surface area contributed by atoms with Gasteiger partial charge in [0.1, 0.15) is 0 Å². The second-order valence-corrected chi connectivity index (χ2v) is 5.03. The maximum Gasteiger partial charge on any atom is 0.299 e. The van der Waals surface area contributed by atoms with E-state index in [1.165, 1.54) is 4.90 Å². The molecule has 1 unspecified atom stereocenters. The van der Waals surface area contributed by atoms with Gasteiger partial charge in [0.15, 0.2) is 0 Å². The Bertz CT molecular complexity index is 504. The number of nitrogens with zero attached hydrogens (tertiary/aromatic N) is 1. The third-order valence-corrected chi connectivity index (χ3v) is 3.26. The van der Waals surface area contributed by atoms with Crippen LogP contribution in [0.2, 0.25) is 0 Å². The third kappa shape index (κ3) is 2.31. The molecule has 0 aliphatic carbocycles. The summed E-state index contributed by atoms with van der Waals surface area (Å²) in [5.74, 6) is -1.10. The van der Waals surface area contributed by atoms with Crippen molar-refractivity contribution < 1.29 is 14.7 Å². The first-order chi connectivity index (χ1) is 8.54. The van der Waals surface area contributed by atoms with Crippen molar-refractivity contribution in [3.8, 4) is 0 Å². The maximum atomic E-state index is 11.8. The molecule has 18 heavy (non-hydrogen) atoms. The summed E-state index contributed by atoms with van der Waals surface area (Å²) in [7, 11) is 1.71. The van der Waals surface area contributed by atoms with Crippen molar-refractivity contribution in [3.05, 3.63) is 28.2 Å². The summed E-state index contributed by atoms with van der Waals surface area (Å²) >= 11 is 3.31. The lowest BCUT2D eigenvalue weighted by Crippen LogP contribution is -2.40. The van der Waals surface area contributed by atoms with E-state index in [1.807, 2.05) is 0 Å². The minimum atomic E-state index is -0.711. The number of amides is 1. The van der Waals surface area contributed by atoms with Crippen LogP contribution in [0.15, 0.2) is 22.7 Å². The lowest BCUT2D eigenvalue weighted by atomic mass is 10.1. The minimum Gasteiger partial charge on any atom is -0.390 e. The van der Waals surface area contributed by atoms with Gasteiger partial charge in [0.2, 0.25) is 0 Å². The van der Waals surface area contributed by atoms with Crippen LogP contribution < -0.4 is 10.2 Å². The molecule has 6 heteroatoms. The summed E-state index contributed by atoms with van der Waals surface area (Å²) in [6.45, 7) is 0.468. The molecular weight excluding hydrogens is 300 g/mol. The summed E-state index contributed by atoms with van der Waals surface area (Å²) in [6, 6.07) is 5.05. The molecule has 0 radical (unpaired) electrons. The SMILES string of the molecule is CNCC(O)CN1C(=O)C(=O)c2ccc(Br)cc21. The Hall–Kier alpha value is -1.24. The fourth-order valence-corrected chi connectivity index (χ4v) is 2.31. The van der Waals surface area contributed by atoms with Gasteiger partial charge in [-0.1, -0.05) is 15.9 Å². The predicted molar refractivity (Wildman–Crippen MR) is 70.8 cm³/mol. The van der Waals surface area contributed by atoms with Gasteiger partial charge in [-0.25, -0.2) is 0 Å². The highest BCUT2D eigenvalue weighted by Gasteiger charge is 2.36. The summed E-state index contributed by atoms with van der Waals surface area (Å²) < 4.78 is 0.789. The van der Waals surface area contributed by atoms with E-state index >= 15 is 0 Å². The number of fused-ring (bicyclic) bond motifs is 1. The highest BCUT2D eigenvalue weighted by Crippen LogP contribution is 2.31. The molecule has 0 saturated heterocycles. The zero-order valence-electron chi connectivity index (χ0n) is 9.81. The van der Waals surface area contributed by atoms with Crippen LogP contribution in [0, 0.1) is 0 Å². The maximum absolute atomic E-state index is 11.8.